The van der Waals surface area contributed by atoms with E-state index in [1.807, 2.05) is 0 Å². The highest BCUT2D eigenvalue weighted by Crippen LogP contribution is 2.21. The van der Waals surface area contributed by atoms with Crippen LogP contribution in [0.15, 0.2) is 0 Å². The second-order valence-corrected chi connectivity index (χ2v) is 3.15. The van der Waals surface area contributed by atoms with Crippen LogP contribution in [0.4, 0.5) is 4.39 Å². The van der Waals surface area contributed by atoms with E-state index in [0.29, 0.717) is 0 Å². The number of alkyl halides is 2. The molecular formula is C7H12ClFO. The average molecular weight is 167 g/mol. The van der Waals surface area contributed by atoms with E-state index < -0.39 is 12.1 Å². The molecule has 0 unspecified atom stereocenters. The molecule has 0 heterocycles. The van der Waals surface area contributed by atoms with Gasteiger partial charge in [0, 0.05) is 5.41 Å². The lowest BCUT2D eigenvalue weighted by atomic mass is 9.86. The highest BCUT2D eigenvalue weighted by Gasteiger charge is 2.25. The van der Waals surface area contributed by atoms with Gasteiger partial charge in [-0.3, -0.25) is 9.18 Å². The van der Waals surface area contributed by atoms with E-state index in [9.17, 15) is 9.18 Å². The predicted octanol–water partition coefficient (Wildman–Crippen LogP) is 2.18. The minimum absolute atomic E-state index is 0.0208. The fraction of sp³-hybridized carbons (Fsp3) is 0.857. The van der Waals surface area contributed by atoms with Crippen molar-refractivity contribution in [3.63, 3.8) is 0 Å². The van der Waals surface area contributed by atoms with Crippen molar-refractivity contribution in [2.75, 3.05) is 12.6 Å². The van der Waals surface area contributed by atoms with Gasteiger partial charge in [0.25, 0.3) is 0 Å². The first kappa shape index (κ1) is 9.89. The maximum absolute atomic E-state index is 11.8. The summed E-state index contributed by atoms with van der Waals surface area (Å²) in [4.78, 5) is 10.9. The van der Waals surface area contributed by atoms with E-state index in [0.717, 1.165) is 0 Å². The van der Waals surface area contributed by atoms with Crippen LogP contribution in [0.2, 0.25) is 0 Å². The van der Waals surface area contributed by atoms with Gasteiger partial charge in [0.15, 0.2) is 5.78 Å². The number of hydrogen-bond donors (Lipinski definition) is 0. The largest absolute Gasteiger partial charge is 0.298 e. The lowest BCUT2D eigenvalue weighted by Gasteiger charge is -2.19. The highest BCUT2D eigenvalue weighted by atomic mass is 35.5. The third kappa shape index (κ3) is 2.65. The molecule has 0 aromatic rings. The average Bonchev–Trinajstić information content (AvgIpc) is 1.86. The van der Waals surface area contributed by atoms with E-state index in [1.165, 1.54) is 0 Å². The van der Waals surface area contributed by atoms with Crippen molar-refractivity contribution < 1.29 is 9.18 Å². The Bertz CT molecular complexity index is 123. The lowest BCUT2D eigenvalue weighted by molar-refractivity contribution is -0.125. The van der Waals surface area contributed by atoms with Crippen LogP contribution in [0.3, 0.4) is 0 Å². The Morgan fingerprint density at radius 2 is 2.10 bits per heavy atom. The zero-order chi connectivity index (χ0) is 8.20. The van der Waals surface area contributed by atoms with Crippen molar-refractivity contribution in [3.8, 4) is 0 Å². The standard InChI is InChI=1S/C7H12ClFO/c1-7(2,3-4-9)6(10)5-8/h3-5H2,1-2H3. The van der Waals surface area contributed by atoms with Crippen molar-refractivity contribution in [2.24, 2.45) is 5.41 Å². The Morgan fingerprint density at radius 3 is 2.40 bits per heavy atom. The maximum Gasteiger partial charge on any atom is 0.153 e. The minimum Gasteiger partial charge on any atom is -0.298 e. The highest BCUT2D eigenvalue weighted by molar-refractivity contribution is 6.28. The second-order valence-electron chi connectivity index (χ2n) is 2.88. The number of rotatable bonds is 4. The van der Waals surface area contributed by atoms with Crippen LogP contribution in [-0.2, 0) is 4.79 Å². The smallest absolute Gasteiger partial charge is 0.153 e. The van der Waals surface area contributed by atoms with Gasteiger partial charge in [0.05, 0.1) is 12.6 Å². The molecule has 0 radical (unpaired) electrons. The summed E-state index contributed by atoms with van der Waals surface area (Å²) in [6.07, 6.45) is 0.262. The molecule has 60 valence electrons. The molecular weight excluding hydrogens is 155 g/mol. The fourth-order valence-electron chi connectivity index (χ4n) is 0.557. The molecule has 0 aliphatic carbocycles. The third-order valence-electron chi connectivity index (χ3n) is 1.60. The summed E-state index contributed by atoms with van der Waals surface area (Å²) in [7, 11) is 0. The summed E-state index contributed by atoms with van der Waals surface area (Å²) in [5, 5.41) is 0. The van der Waals surface area contributed by atoms with Crippen LogP contribution in [0.1, 0.15) is 20.3 Å². The molecule has 0 fully saturated rings. The van der Waals surface area contributed by atoms with Gasteiger partial charge in [0.2, 0.25) is 0 Å². The molecule has 0 aromatic carbocycles. The van der Waals surface area contributed by atoms with Gasteiger partial charge in [-0.05, 0) is 6.42 Å². The molecule has 0 aromatic heterocycles. The van der Waals surface area contributed by atoms with Gasteiger partial charge in [-0.25, -0.2) is 0 Å². The zero-order valence-electron chi connectivity index (χ0n) is 6.29. The molecule has 3 heteroatoms. The Balaban J connectivity index is 3.96. The topological polar surface area (TPSA) is 17.1 Å². The lowest BCUT2D eigenvalue weighted by Crippen LogP contribution is -2.25. The van der Waals surface area contributed by atoms with Crippen LogP contribution in [0.25, 0.3) is 0 Å². The molecule has 0 saturated heterocycles. The monoisotopic (exact) mass is 166 g/mol. The third-order valence-corrected chi connectivity index (χ3v) is 1.84. The van der Waals surface area contributed by atoms with E-state index >= 15 is 0 Å². The Labute approximate surface area is 65.6 Å². The van der Waals surface area contributed by atoms with Gasteiger partial charge < -0.3 is 0 Å². The summed E-state index contributed by atoms with van der Waals surface area (Å²) >= 11 is 5.30. The van der Waals surface area contributed by atoms with Crippen LogP contribution in [-0.4, -0.2) is 18.3 Å². The molecule has 10 heavy (non-hydrogen) atoms. The van der Waals surface area contributed by atoms with E-state index in [2.05, 4.69) is 0 Å². The Kier molecular flexibility index (Phi) is 3.87. The Morgan fingerprint density at radius 1 is 1.60 bits per heavy atom. The van der Waals surface area contributed by atoms with Crippen molar-refractivity contribution in [1.82, 2.24) is 0 Å². The van der Waals surface area contributed by atoms with Gasteiger partial charge in [-0.1, -0.05) is 13.8 Å². The van der Waals surface area contributed by atoms with Crippen LogP contribution in [0.5, 0.6) is 0 Å². The fourth-order valence-corrected chi connectivity index (χ4v) is 0.918. The van der Waals surface area contributed by atoms with Crippen molar-refractivity contribution >= 4 is 17.4 Å². The molecule has 0 atom stereocenters. The molecule has 0 aliphatic rings. The van der Waals surface area contributed by atoms with Crippen molar-refractivity contribution in [1.29, 1.82) is 0 Å². The quantitative estimate of drug-likeness (QED) is 0.585. The molecule has 0 spiro atoms. The predicted molar refractivity (Wildman–Crippen MR) is 40.1 cm³/mol. The van der Waals surface area contributed by atoms with Gasteiger partial charge in [-0.15, -0.1) is 11.6 Å². The first-order valence-corrected chi connectivity index (χ1v) is 3.73. The molecule has 1 nitrogen and oxygen atoms in total. The normalized spacial score (nSPS) is 11.6. The molecule has 0 bridgehead atoms. The van der Waals surface area contributed by atoms with Crippen LogP contribution >= 0.6 is 11.6 Å². The van der Waals surface area contributed by atoms with Crippen molar-refractivity contribution in [3.05, 3.63) is 0 Å². The van der Waals surface area contributed by atoms with Gasteiger partial charge in [0.1, 0.15) is 0 Å². The minimum atomic E-state index is -0.587. The van der Waals surface area contributed by atoms with Crippen LogP contribution < -0.4 is 0 Å². The zero-order valence-corrected chi connectivity index (χ0v) is 7.04. The van der Waals surface area contributed by atoms with Gasteiger partial charge >= 0.3 is 0 Å². The molecule has 0 N–H and O–H groups in total. The van der Waals surface area contributed by atoms with Gasteiger partial charge in [-0.2, -0.15) is 0 Å². The summed E-state index contributed by atoms with van der Waals surface area (Å²) in [6.45, 7) is 2.95. The first-order chi connectivity index (χ1) is 4.54. The second kappa shape index (κ2) is 3.91. The number of halogens is 2. The molecule has 0 aliphatic heterocycles. The number of Topliss-reactive ketones (excluding diaryl/α,β-unsaturated/α-hetero) is 1. The number of hydrogen-bond acceptors (Lipinski definition) is 1. The maximum atomic E-state index is 11.8. The van der Waals surface area contributed by atoms with E-state index in [1.54, 1.807) is 13.8 Å². The molecule has 0 saturated carbocycles. The molecule has 0 amide bonds. The summed E-state index contributed by atoms with van der Waals surface area (Å²) in [6, 6.07) is 0. The Hall–Kier alpha value is -0.110. The molecule has 0 rings (SSSR count). The summed E-state index contributed by atoms with van der Waals surface area (Å²) in [5.41, 5.74) is -0.587. The van der Waals surface area contributed by atoms with Crippen molar-refractivity contribution in [2.45, 2.75) is 20.3 Å². The summed E-state index contributed by atoms with van der Waals surface area (Å²) < 4.78 is 11.8. The first-order valence-electron chi connectivity index (χ1n) is 3.20. The van der Waals surface area contributed by atoms with E-state index in [4.69, 9.17) is 11.6 Å². The number of carbonyl (C=O) groups excluding carboxylic acids is 1. The van der Waals surface area contributed by atoms with Crippen LogP contribution in [0, 0.1) is 5.41 Å². The SMILES string of the molecule is CC(C)(CCF)C(=O)CCl. The number of ketones is 1. The number of carbonyl (C=O) groups is 1. The van der Waals surface area contributed by atoms with E-state index in [-0.39, 0.29) is 18.1 Å². The summed E-state index contributed by atoms with van der Waals surface area (Å²) in [5.74, 6) is -0.112.